The number of nitrogens with zero attached hydrogens (tertiary/aromatic N) is 2. The van der Waals surface area contributed by atoms with Crippen LogP contribution < -0.4 is 10.2 Å². The Morgan fingerprint density at radius 3 is 2.95 bits per heavy atom. The van der Waals surface area contributed by atoms with E-state index in [2.05, 4.69) is 15.2 Å². The van der Waals surface area contributed by atoms with Crippen LogP contribution in [0.5, 0.6) is 0 Å². The van der Waals surface area contributed by atoms with Crippen molar-refractivity contribution in [3.05, 3.63) is 35.8 Å². The van der Waals surface area contributed by atoms with Crippen LogP contribution in [0.15, 0.2) is 24.4 Å². The van der Waals surface area contributed by atoms with Crippen LogP contribution in [0.1, 0.15) is 5.56 Å². The zero-order valence-electron chi connectivity index (χ0n) is 11.1. The number of piperazine rings is 1. The monoisotopic (exact) mass is 273 g/mol. The molecule has 1 saturated heterocycles. The van der Waals surface area contributed by atoms with E-state index in [1.807, 2.05) is 0 Å². The van der Waals surface area contributed by atoms with E-state index in [4.69, 9.17) is 0 Å². The molecule has 0 bridgehead atoms. The molecule has 20 heavy (non-hydrogen) atoms. The fraction of sp³-hybridized carbons (Fsp3) is 0.333. The molecule has 3 rings (SSSR count). The van der Waals surface area contributed by atoms with Crippen LogP contribution >= 0.6 is 0 Å². The van der Waals surface area contributed by atoms with Crippen molar-refractivity contribution in [1.29, 1.82) is 0 Å². The number of rotatable bonds is 3. The van der Waals surface area contributed by atoms with Crippen molar-refractivity contribution in [2.75, 3.05) is 31.1 Å². The summed E-state index contributed by atoms with van der Waals surface area (Å²) in [6.07, 6.45) is 2.69. The van der Waals surface area contributed by atoms with E-state index in [1.54, 1.807) is 18.3 Å². The van der Waals surface area contributed by atoms with Crippen molar-refractivity contribution in [2.45, 2.75) is 6.42 Å². The number of fused-ring (bicyclic) bond motifs is 1. The molecule has 1 aromatic carbocycles. The molecule has 1 fully saturated rings. The lowest BCUT2D eigenvalue weighted by molar-refractivity contribution is -0.107. The van der Waals surface area contributed by atoms with Gasteiger partial charge in [-0.15, -0.1) is 0 Å². The molecule has 5 heteroatoms. The molecule has 104 valence electrons. The Morgan fingerprint density at radius 2 is 2.20 bits per heavy atom. The lowest BCUT2D eigenvalue weighted by Gasteiger charge is -2.31. The topological polar surface area (TPSA) is 45.2 Å². The fourth-order valence-electron chi connectivity index (χ4n) is 2.72. The van der Waals surface area contributed by atoms with Gasteiger partial charge in [-0.1, -0.05) is 0 Å². The molecule has 0 unspecified atom stereocenters. The molecule has 2 aromatic rings. The molecule has 0 amide bonds. The van der Waals surface area contributed by atoms with Crippen LogP contribution in [0, 0.1) is 5.82 Å². The van der Waals surface area contributed by atoms with Gasteiger partial charge in [0.05, 0.1) is 11.2 Å². The third kappa shape index (κ3) is 2.25. The average molecular weight is 273 g/mol. The Labute approximate surface area is 116 Å². The third-order valence-corrected chi connectivity index (χ3v) is 3.63. The van der Waals surface area contributed by atoms with Crippen molar-refractivity contribution in [2.24, 2.45) is 0 Å². The predicted octanol–water partition coefficient (Wildman–Crippen LogP) is 1.52. The normalized spacial score (nSPS) is 15.6. The average Bonchev–Trinajstić information content (AvgIpc) is 2.49. The summed E-state index contributed by atoms with van der Waals surface area (Å²) in [5.74, 6) is -0.316. The summed E-state index contributed by atoms with van der Waals surface area (Å²) in [6, 6.07) is 4.93. The summed E-state index contributed by atoms with van der Waals surface area (Å²) in [7, 11) is 0. The van der Waals surface area contributed by atoms with Crippen molar-refractivity contribution in [1.82, 2.24) is 10.3 Å². The van der Waals surface area contributed by atoms with Crippen LogP contribution in [0.4, 0.5) is 10.1 Å². The number of pyridine rings is 1. The predicted molar refractivity (Wildman–Crippen MR) is 76.6 cm³/mol. The summed E-state index contributed by atoms with van der Waals surface area (Å²) in [5.41, 5.74) is 2.26. The number of aldehydes is 1. The van der Waals surface area contributed by atoms with Crippen molar-refractivity contribution in [3.8, 4) is 0 Å². The van der Waals surface area contributed by atoms with Gasteiger partial charge in [-0.3, -0.25) is 4.98 Å². The molecule has 0 atom stereocenters. The Kier molecular flexibility index (Phi) is 3.60. The smallest absolute Gasteiger partial charge is 0.133 e. The Hall–Kier alpha value is -2.01. The molecule has 4 nitrogen and oxygen atoms in total. The second-order valence-corrected chi connectivity index (χ2v) is 4.87. The van der Waals surface area contributed by atoms with Gasteiger partial charge < -0.3 is 15.0 Å². The van der Waals surface area contributed by atoms with Gasteiger partial charge in [0.2, 0.25) is 0 Å². The van der Waals surface area contributed by atoms with Crippen LogP contribution in [0.25, 0.3) is 10.9 Å². The minimum absolute atomic E-state index is 0.211. The highest BCUT2D eigenvalue weighted by Gasteiger charge is 2.20. The van der Waals surface area contributed by atoms with Crippen LogP contribution in [0.3, 0.4) is 0 Å². The number of nitrogens with one attached hydrogen (secondary N) is 1. The summed E-state index contributed by atoms with van der Waals surface area (Å²) in [4.78, 5) is 17.4. The number of carbonyl (C=O) groups is 1. The first kappa shape index (κ1) is 13.0. The molecule has 1 aliphatic heterocycles. The summed E-state index contributed by atoms with van der Waals surface area (Å²) < 4.78 is 14.1. The Balaban J connectivity index is 2.21. The highest BCUT2D eigenvalue weighted by Crippen LogP contribution is 2.31. The van der Waals surface area contributed by atoms with Crippen molar-refractivity contribution in [3.63, 3.8) is 0 Å². The van der Waals surface area contributed by atoms with Crippen LogP contribution in [-0.2, 0) is 11.2 Å². The number of halogens is 1. The largest absolute Gasteiger partial charge is 0.367 e. The van der Waals surface area contributed by atoms with E-state index in [0.29, 0.717) is 16.5 Å². The van der Waals surface area contributed by atoms with E-state index in [0.717, 1.165) is 38.2 Å². The van der Waals surface area contributed by atoms with Gasteiger partial charge >= 0.3 is 0 Å². The second-order valence-electron chi connectivity index (χ2n) is 4.87. The maximum Gasteiger partial charge on any atom is 0.133 e. The zero-order chi connectivity index (χ0) is 13.9. The summed E-state index contributed by atoms with van der Waals surface area (Å²) >= 11 is 0. The molecular weight excluding hydrogens is 257 g/mol. The molecular formula is C15H16FN3O. The maximum absolute atomic E-state index is 14.1. The van der Waals surface area contributed by atoms with Crippen molar-refractivity contribution < 1.29 is 9.18 Å². The standard InChI is InChI=1S/C15H16FN3O/c16-13-10-11(3-9-20)15(19-7-5-17-6-8-19)14-12(13)2-1-4-18-14/h1-2,4,9-10,17H,3,5-8H2. The van der Waals surface area contributed by atoms with Crippen LogP contribution in [-0.4, -0.2) is 37.4 Å². The number of anilines is 1. The lowest BCUT2D eigenvalue weighted by Crippen LogP contribution is -2.44. The first-order valence-corrected chi connectivity index (χ1v) is 6.76. The lowest BCUT2D eigenvalue weighted by atomic mass is 10.0. The van der Waals surface area contributed by atoms with Gasteiger partial charge in [0.15, 0.2) is 0 Å². The van der Waals surface area contributed by atoms with Gasteiger partial charge in [-0.05, 0) is 23.8 Å². The number of benzene rings is 1. The number of hydrogen-bond donors (Lipinski definition) is 1. The van der Waals surface area contributed by atoms with Gasteiger partial charge in [0.1, 0.15) is 12.1 Å². The van der Waals surface area contributed by atoms with Gasteiger partial charge in [0, 0.05) is 44.2 Å². The number of carbonyl (C=O) groups excluding carboxylic acids is 1. The van der Waals surface area contributed by atoms with Gasteiger partial charge in [0.25, 0.3) is 0 Å². The quantitative estimate of drug-likeness (QED) is 0.861. The molecule has 1 aliphatic rings. The molecule has 1 aromatic heterocycles. The second kappa shape index (κ2) is 5.54. The third-order valence-electron chi connectivity index (χ3n) is 3.63. The zero-order valence-corrected chi connectivity index (χ0v) is 11.1. The first-order chi connectivity index (χ1) is 9.81. The molecule has 1 N–H and O–H groups in total. The minimum Gasteiger partial charge on any atom is -0.367 e. The highest BCUT2D eigenvalue weighted by molar-refractivity contribution is 5.94. The molecule has 0 saturated carbocycles. The van der Waals surface area contributed by atoms with Gasteiger partial charge in [-0.2, -0.15) is 0 Å². The van der Waals surface area contributed by atoms with E-state index < -0.39 is 0 Å². The van der Waals surface area contributed by atoms with Gasteiger partial charge in [-0.25, -0.2) is 4.39 Å². The molecule has 2 heterocycles. The number of aromatic nitrogens is 1. The summed E-state index contributed by atoms with van der Waals surface area (Å²) in [6.45, 7) is 3.44. The van der Waals surface area contributed by atoms with Crippen molar-refractivity contribution >= 4 is 22.9 Å². The molecule has 0 radical (unpaired) electrons. The van der Waals surface area contributed by atoms with E-state index >= 15 is 0 Å². The fourth-order valence-corrected chi connectivity index (χ4v) is 2.72. The van der Waals surface area contributed by atoms with E-state index in [-0.39, 0.29) is 12.2 Å². The SMILES string of the molecule is O=CCc1cc(F)c2cccnc2c1N1CCNCC1. The van der Waals surface area contributed by atoms with Crippen LogP contribution in [0.2, 0.25) is 0 Å². The van der Waals surface area contributed by atoms with E-state index in [1.165, 1.54) is 6.07 Å². The molecule has 0 aliphatic carbocycles. The number of hydrogen-bond acceptors (Lipinski definition) is 4. The maximum atomic E-state index is 14.1. The van der Waals surface area contributed by atoms with E-state index in [9.17, 15) is 9.18 Å². The molecule has 0 spiro atoms. The summed E-state index contributed by atoms with van der Waals surface area (Å²) in [5, 5.41) is 3.80. The Morgan fingerprint density at radius 1 is 1.40 bits per heavy atom. The Bertz CT molecular complexity index is 638. The minimum atomic E-state index is -0.316. The first-order valence-electron chi connectivity index (χ1n) is 6.76. The highest BCUT2D eigenvalue weighted by atomic mass is 19.1.